The van der Waals surface area contributed by atoms with Crippen molar-refractivity contribution in [3.63, 3.8) is 0 Å². The topological polar surface area (TPSA) is 67.2 Å². The number of carbonyl (C=O) groups is 1. The summed E-state index contributed by atoms with van der Waals surface area (Å²) in [6, 6.07) is 14.8. The van der Waals surface area contributed by atoms with Gasteiger partial charge in [0.25, 0.3) is 5.56 Å². The lowest BCUT2D eigenvalue weighted by atomic mass is 10.1. The zero-order valence-corrected chi connectivity index (χ0v) is 15.0. The highest BCUT2D eigenvalue weighted by Gasteiger charge is 2.15. The Labute approximate surface area is 154 Å². The molecule has 0 bridgehead atoms. The lowest BCUT2D eigenvalue weighted by Gasteiger charge is -2.04. The molecule has 130 valence electrons. The van der Waals surface area contributed by atoms with Crippen molar-refractivity contribution in [2.75, 3.05) is 5.75 Å². The largest absolute Gasteiger partial charge is 0.358 e. The predicted octanol–water partition coefficient (Wildman–Crippen LogP) is 3.60. The van der Waals surface area contributed by atoms with Gasteiger partial charge in [-0.05, 0) is 25.1 Å². The number of hydrogen-bond acceptors (Lipinski definition) is 4. The Morgan fingerprint density at radius 3 is 2.88 bits per heavy atom. The molecule has 0 aliphatic rings. The minimum Gasteiger partial charge on any atom is -0.358 e. The molecule has 0 saturated heterocycles. The summed E-state index contributed by atoms with van der Waals surface area (Å²) in [7, 11) is 0. The van der Waals surface area contributed by atoms with E-state index in [4.69, 9.17) is 0 Å². The SMILES string of the molecule is Cc1[nH]c2ccccc2c1C(=O)CSCc1cc(=O)n2ccccc2n1. The fourth-order valence-electron chi connectivity index (χ4n) is 3.13. The van der Waals surface area contributed by atoms with Crippen LogP contribution in [0.2, 0.25) is 0 Å². The van der Waals surface area contributed by atoms with Crippen molar-refractivity contribution in [2.45, 2.75) is 12.7 Å². The first-order valence-electron chi connectivity index (χ1n) is 8.29. The summed E-state index contributed by atoms with van der Waals surface area (Å²) in [5.41, 5.74) is 3.81. The van der Waals surface area contributed by atoms with Gasteiger partial charge in [-0.25, -0.2) is 4.98 Å². The molecular formula is C20H17N3O2S. The number of rotatable bonds is 5. The van der Waals surface area contributed by atoms with Crippen LogP contribution >= 0.6 is 11.8 Å². The van der Waals surface area contributed by atoms with Crippen molar-refractivity contribution in [3.8, 4) is 0 Å². The van der Waals surface area contributed by atoms with Crippen LogP contribution in [0.5, 0.6) is 0 Å². The Kier molecular flexibility index (Phi) is 4.34. The number of hydrogen-bond donors (Lipinski definition) is 1. The van der Waals surface area contributed by atoms with Crippen molar-refractivity contribution < 1.29 is 4.79 Å². The molecule has 0 unspecified atom stereocenters. The molecule has 0 spiro atoms. The van der Waals surface area contributed by atoms with Gasteiger partial charge in [0, 0.05) is 40.2 Å². The number of Topliss-reactive ketones (excluding diaryl/α,β-unsaturated/α-hetero) is 1. The molecule has 1 N–H and O–H groups in total. The number of fused-ring (bicyclic) bond motifs is 2. The standard InChI is InChI=1S/C20H17N3O2S/c1-13-20(15-6-2-3-7-16(15)21-13)17(24)12-26-11-14-10-19(25)23-9-5-4-8-18(23)22-14/h2-10,21H,11-12H2,1H3. The minimum absolute atomic E-state index is 0.0856. The molecule has 1 aromatic carbocycles. The molecule has 0 atom stereocenters. The Hall–Kier alpha value is -2.86. The van der Waals surface area contributed by atoms with E-state index in [0.29, 0.717) is 22.8 Å². The van der Waals surface area contributed by atoms with Crippen molar-refractivity contribution in [1.82, 2.24) is 14.4 Å². The molecule has 26 heavy (non-hydrogen) atoms. The van der Waals surface area contributed by atoms with Gasteiger partial charge in [0.05, 0.1) is 11.4 Å². The second kappa shape index (κ2) is 6.80. The highest BCUT2D eigenvalue weighted by atomic mass is 32.2. The third-order valence-corrected chi connectivity index (χ3v) is 5.25. The average molecular weight is 363 g/mol. The molecule has 3 heterocycles. The number of aromatic nitrogens is 3. The van der Waals surface area contributed by atoms with E-state index in [9.17, 15) is 9.59 Å². The maximum absolute atomic E-state index is 12.7. The van der Waals surface area contributed by atoms with E-state index in [2.05, 4.69) is 9.97 Å². The van der Waals surface area contributed by atoms with Crippen molar-refractivity contribution in [2.24, 2.45) is 0 Å². The van der Waals surface area contributed by atoms with Crippen LogP contribution in [0, 0.1) is 6.92 Å². The van der Waals surface area contributed by atoms with Gasteiger partial charge in [-0.2, -0.15) is 0 Å². The van der Waals surface area contributed by atoms with Crippen molar-refractivity contribution in [1.29, 1.82) is 0 Å². The summed E-state index contributed by atoms with van der Waals surface area (Å²) in [4.78, 5) is 32.5. The highest BCUT2D eigenvalue weighted by Crippen LogP contribution is 2.24. The third-order valence-electron chi connectivity index (χ3n) is 4.28. The molecule has 0 aliphatic heterocycles. The molecule has 0 radical (unpaired) electrons. The van der Waals surface area contributed by atoms with Crippen LogP contribution in [0.25, 0.3) is 16.6 Å². The number of para-hydroxylation sites is 1. The summed E-state index contributed by atoms with van der Waals surface area (Å²) in [6.45, 7) is 1.92. The minimum atomic E-state index is -0.106. The van der Waals surface area contributed by atoms with Gasteiger partial charge in [-0.1, -0.05) is 24.3 Å². The lowest BCUT2D eigenvalue weighted by Crippen LogP contribution is -2.15. The molecule has 0 aliphatic carbocycles. The Morgan fingerprint density at radius 1 is 1.19 bits per heavy atom. The molecule has 0 amide bonds. The normalized spacial score (nSPS) is 11.3. The van der Waals surface area contributed by atoms with Gasteiger partial charge in [0.2, 0.25) is 0 Å². The smallest absolute Gasteiger partial charge is 0.258 e. The second-order valence-corrected chi connectivity index (χ2v) is 7.09. The van der Waals surface area contributed by atoms with Crippen molar-refractivity contribution in [3.05, 3.63) is 82.0 Å². The summed E-state index contributed by atoms with van der Waals surface area (Å²) in [6.07, 6.45) is 1.70. The van der Waals surface area contributed by atoms with E-state index in [1.807, 2.05) is 37.3 Å². The number of nitrogens with zero attached hydrogens (tertiary/aromatic N) is 2. The molecule has 0 fully saturated rings. The number of benzene rings is 1. The van der Waals surface area contributed by atoms with E-state index in [1.165, 1.54) is 22.2 Å². The zero-order chi connectivity index (χ0) is 18.1. The number of aryl methyl sites for hydroxylation is 1. The van der Waals surface area contributed by atoms with E-state index in [1.54, 1.807) is 18.3 Å². The fourth-order valence-corrected chi connectivity index (χ4v) is 3.92. The quantitative estimate of drug-likeness (QED) is 0.550. The van der Waals surface area contributed by atoms with E-state index in [0.717, 1.165) is 22.2 Å². The van der Waals surface area contributed by atoms with Crippen LogP contribution in [-0.2, 0) is 5.75 Å². The number of H-pyrrole nitrogens is 1. The first kappa shape index (κ1) is 16.6. The number of carbonyl (C=O) groups excluding carboxylic acids is 1. The van der Waals surface area contributed by atoms with Gasteiger partial charge in [0.1, 0.15) is 5.65 Å². The number of nitrogens with one attached hydrogen (secondary N) is 1. The zero-order valence-electron chi connectivity index (χ0n) is 14.2. The van der Waals surface area contributed by atoms with Gasteiger partial charge >= 0.3 is 0 Å². The molecular weight excluding hydrogens is 346 g/mol. The highest BCUT2D eigenvalue weighted by molar-refractivity contribution is 7.99. The summed E-state index contributed by atoms with van der Waals surface area (Å²) < 4.78 is 1.51. The van der Waals surface area contributed by atoms with Gasteiger partial charge in [0.15, 0.2) is 5.78 Å². The van der Waals surface area contributed by atoms with Crippen LogP contribution in [0.15, 0.2) is 59.5 Å². The van der Waals surface area contributed by atoms with Crippen LogP contribution in [-0.4, -0.2) is 25.9 Å². The Balaban J connectivity index is 1.50. The number of thioether (sulfide) groups is 1. The van der Waals surface area contributed by atoms with E-state index >= 15 is 0 Å². The van der Waals surface area contributed by atoms with E-state index in [-0.39, 0.29) is 11.3 Å². The molecule has 6 heteroatoms. The van der Waals surface area contributed by atoms with E-state index < -0.39 is 0 Å². The average Bonchev–Trinajstić information content (AvgIpc) is 2.97. The van der Waals surface area contributed by atoms with Crippen molar-refractivity contribution >= 4 is 34.1 Å². The number of ketones is 1. The summed E-state index contributed by atoms with van der Waals surface area (Å²) in [5, 5.41) is 0.956. The summed E-state index contributed by atoms with van der Waals surface area (Å²) >= 11 is 1.47. The third kappa shape index (κ3) is 3.04. The summed E-state index contributed by atoms with van der Waals surface area (Å²) in [5.74, 6) is 0.953. The van der Waals surface area contributed by atoms with Crippen LogP contribution in [0.4, 0.5) is 0 Å². The molecule has 3 aromatic heterocycles. The van der Waals surface area contributed by atoms with Gasteiger partial charge in [-0.15, -0.1) is 11.8 Å². The van der Waals surface area contributed by atoms with Gasteiger partial charge in [-0.3, -0.25) is 14.0 Å². The number of pyridine rings is 1. The first-order valence-corrected chi connectivity index (χ1v) is 9.44. The molecule has 4 aromatic rings. The first-order chi connectivity index (χ1) is 12.6. The Bertz CT molecular complexity index is 1180. The fraction of sp³-hybridized carbons (Fsp3) is 0.150. The second-order valence-electron chi connectivity index (χ2n) is 6.10. The van der Waals surface area contributed by atoms with Crippen LogP contribution in [0.3, 0.4) is 0 Å². The van der Waals surface area contributed by atoms with Gasteiger partial charge < -0.3 is 4.98 Å². The predicted molar refractivity (Wildman–Crippen MR) is 105 cm³/mol. The van der Waals surface area contributed by atoms with Crippen LogP contribution < -0.4 is 5.56 Å². The molecule has 5 nitrogen and oxygen atoms in total. The lowest BCUT2D eigenvalue weighted by molar-refractivity contribution is 0.102. The molecule has 0 saturated carbocycles. The Morgan fingerprint density at radius 2 is 2.00 bits per heavy atom. The number of aromatic amines is 1. The maximum Gasteiger partial charge on any atom is 0.258 e. The maximum atomic E-state index is 12.7. The molecule has 4 rings (SSSR count). The van der Waals surface area contributed by atoms with Crippen LogP contribution in [0.1, 0.15) is 21.7 Å². The monoisotopic (exact) mass is 363 g/mol.